The number of nitriles is 1. The third-order valence-corrected chi connectivity index (χ3v) is 3.46. The smallest absolute Gasteiger partial charge is 0.324 e. The number of carbonyl (C=O) groups is 2. The van der Waals surface area contributed by atoms with Gasteiger partial charge in [0, 0.05) is 25.9 Å². The number of amides is 2. The molecule has 0 atom stereocenters. The monoisotopic (exact) mass is 288 g/mol. The van der Waals surface area contributed by atoms with Gasteiger partial charge in [0.2, 0.25) is 5.91 Å². The molecule has 1 aliphatic heterocycles. The Labute approximate surface area is 115 Å². The maximum absolute atomic E-state index is 13.0. The minimum atomic E-state index is -3.70. The Morgan fingerprint density at radius 1 is 1.45 bits per heavy atom. The second kappa shape index (κ2) is 6.13. The van der Waals surface area contributed by atoms with E-state index in [2.05, 4.69) is 17.1 Å². The summed E-state index contributed by atoms with van der Waals surface area (Å²) in [5.41, 5.74) is 3.52. The van der Waals surface area contributed by atoms with E-state index in [-0.39, 0.29) is 0 Å². The van der Waals surface area contributed by atoms with E-state index in [9.17, 15) is 23.6 Å². The first-order valence-electron chi connectivity index (χ1n) is 6.29. The van der Waals surface area contributed by atoms with Gasteiger partial charge in [-0.15, -0.1) is 0 Å². The van der Waals surface area contributed by atoms with Crippen molar-refractivity contribution in [1.29, 1.82) is 5.26 Å². The molecule has 112 valence electrons. The van der Waals surface area contributed by atoms with Crippen molar-refractivity contribution < 1.29 is 18.4 Å². The molecule has 0 aromatic rings. The van der Waals surface area contributed by atoms with Gasteiger partial charge in [-0.3, -0.25) is 9.59 Å². The minimum absolute atomic E-state index is 0.442. The lowest BCUT2D eigenvalue weighted by Crippen LogP contribution is -2.54. The number of hydrogen-bond acceptors (Lipinski definition) is 4. The van der Waals surface area contributed by atoms with Gasteiger partial charge in [-0.25, -0.2) is 0 Å². The SMILES string of the molecule is CN1CCC(C#N)(NC(=O)CCC(F)(F)C(N)=O)CC1. The third-order valence-electron chi connectivity index (χ3n) is 3.46. The van der Waals surface area contributed by atoms with Gasteiger partial charge in [-0.1, -0.05) is 0 Å². The van der Waals surface area contributed by atoms with Crippen molar-refractivity contribution in [3.8, 4) is 6.07 Å². The predicted octanol–water partition coefficient (Wildman–Crippen LogP) is -0.00862. The number of rotatable bonds is 5. The van der Waals surface area contributed by atoms with Gasteiger partial charge >= 0.3 is 5.92 Å². The molecule has 1 fully saturated rings. The summed E-state index contributed by atoms with van der Waals surface area (Å²) >= 11 is 0. The Morgan fingerprint density at radius 2 is 2.00 bits per heavy atom. The molecule has 0 unspecified atom stereocenters. The Morgan fingerprint density at radius 3 is 2.45 bits per heavy atom. The molecule has 0 aromatic heterocycles. The molecule has 1 aliphatic rings. The topological polar surface area (TPSA) is 99.2 Å². The summed E-state index contributed by atoms with van der Waals surface area (Å²) < 4.78 is 26.0. The van der Waals surface area contributed by atoms with Crippen molar-refractivity contribution in [2.75, 3.05) is 20.1 Å². The van der Waals surface area contributed by atoms with E-state index in [4.69, 9.17) is 0 Å². The Kier molecular flexibility index (Phi) is 5.00. The van der Waals surface area contributed by atoms with Crippen molar-refractivity contribution in [2.45, 2.75) is 37.1 Å². The molecular weight excluding hydrogens is 270 g/mol. The average molecular weight is 288 g/mol. The highest BCUT2D eigenvalue weighted by Gasteiger charge is 2.39. The maximum Gasteiger partial charge on any atom is 0.324 e. The van der Waals surface area contributed by atoms with Crippen molar-refractivity contribution in [3.05, 3.63) is 0 Å². The first-order valence-corrected chi connectivity index (χ1v) is 6.29. The Hall–Kier alpha value is -1.75. The van der Waals surface area contributed by atoms with E-state index in [0.29, 0.717) is 25.9 Å². The number of primary amides is 1. The van der Waals surface area contributed by atoms with Crippen LogP contribution in [-0.4, -0.2) is 48.3 Å². The van der Waals surface area contributed by atoms with Gasteiger partial charge in [0.05, 0.1) is 6.07 Å². The van der Waals surface area contributed by atoms with Gasteiger partial charge in [0.1, 0.15) is 5.54 Å². The van der Waals surface area contributed by atoms with Gasteiger partial charge in [0.25, 0.3) is 5.91 Å². The summed E-state index contributed by atoms with van der Waals surface area (Å²) in [6, 6.07) is 2.05. The number of halogens is 2. The zero-order valence-corrected chi connectivity index (χ0v) is 11.3. The van der Waals surface area contributed by atoms with E-state index in [0.717, 1.165) is 0 Å². The molecule has 6 nitrogen and oxygen atoms in total. The highest BCUT2D eigenvalue weighted by molar-refractivity contribution is 5.83. The first-order chi connectivity index (χ1) is 9.21. The lowest BCUT2D eigenvalue weighted by atomic mass is 9.89. The van der Waals surface area contributed by atoms with Crippen LogP contribution in [-0.2, 0) is 9.59 Å². The number of hydrogen-bond donors (Lipinski definition) is 2. The highest BCUT2D eigenvalue weighted by Crippen LogP contribution is 2.23. The lowest BCUT2D eigenvalue weighted by molar-refractivity contribution is -0.144. The minimum Gasteiger partial charge on any atom is -0.364 e. The fraction of sp³-hybridized carbons (Fsp3) is 0.750. The van der Waals surface area contributed by atoms with Crippen LogP contribution in [0.2, 0.25) is 0 Å². The Bertz CT molecular complexity index is 426. The maximum atomic E-state index is 13.0. The molecule has 1 rings (SSSR count). The van der Waals surface area contributed by atoms with Crippen LogP contribution in [0.3, 0.4) is 0 Å². The quantitative estimate of drug-likeness (QED) is 0.743. The summed E-state index contributed by atoms with van der Waals surface area (Å²) in [7, 11) is 1.90. The van der Waals surface area contributed by atoms with Crippen molar-refractivity contribution in [3.63, 3.8) is 0 Å². The molecular formula is C12H18F2N4O2. The van der Waals surface area contributed by atoms with Crippen LogP contribution in [0.4, 0.5) is 8.78 Å². The van der Waals surface area contributed by atoms with E-state index in [1.165, 1.54) is 0 Å². The number of nitrogens with one attached hydrogen (secondary N) is 1. The summed E-state index contributed by atoms with van der Waals surface area (Å²) in [4.78, 5) is 24.1. The fourth-order valence-electron chi connectivity index (χ4n) is 1.99. The number of nitrogens with zero attached hydrogens (tertiary/aromatic N) is 2. The summed E-state index contributed by atoms with van der Waals surface area (Å²) in [5.74, 6) is -6.12. The van der Waals surface area contributed by atoms with E-state index in [1.54, 1.807) is 0 Å². The van der Waals surface area contributed by atoms with Crippen LogP contribution >= 0.6 is 0 Å². The summed E-state index contributed by atoms with van der Waals surface area (Å²) in [6.45, 7) is 1.29. The van der Waals surface area contributed by atoms with Crippen molar-refractivity contribution >= 4 is 11.8 Å². The van der Waals surface area contributed by atoms with Gasteiger partial charge in [-0.05, 0) is 19.9 Å². The van der Waals surface area contributed by atoms with Gasteiger partial charge in [-0.2, -0.15) is 14.0 Å². The number of carbonyl (C=O) groups excluding carboxylic acids is 2. The molecule has 2 amide bonds. The molecule has 0 spiro atoms. The Balaban J connectivity index is 2.53. The number of alkyl halides is 2. The molecule has 0 aromatic carbocycles. The van der Waals surface area contributed by atoms with E-state index >= 15 is 0 Å². The molecule has 3 N–H and O–H groups in total. The standard InChI is InChI=1S/C12H18F2N4O2/c1-18-6-4-11(8-15,5-7-18)17-9(19)2-3-12(13,14)10(16)20/h2-7H2,1H3,(H2,16,20)(H,17,19). The third kappa shape index (κ3) is 4.13. The molecule has 20 heavy (non-hydrogen) atoms. The summed E-state index contributed by atoms with van der Waals surface area (Å²) in [6.07, 6.45) is -0.610. The molecule has 0 saturated carbocycles. The van der Waals surface area contributed by atoms with Gasteiger partial charge in [0.15, 0.2) is 0 Å². The lowest BCUT2D eigenvalue weighted by Gasteiger charge is -2.36. The van der Waals surface area contributed by atoms with Crippen LogP contribution in [0.15, 0.2) is 0 Å². The van der Waals surface area contributed by atoms with Crippen LogP contribution in [0.25, 0.3) is 0 Å². The normalized spacial score (nSPS) is 19.1. The molecule has 0 aliphatic carbocycles. The van der Waals surface area contributed by atoms with Gasteiger partial charge < -0.3 is 16.0 Å². The number of piperidine rings is 1. The number of likely N-dealkylation sites (tertiary alicyclic amines) is 1. The average Bonchev–Trinajstić information content (AvgIpc) is 2.39. The van der Waals surface area contributed by atoms with Crippen molar-refractivity contribution in [2.24, 2.45) is 5.73 Å². The van der Waals surface area contributed by atoms with Crippen LogP contribution < -0.4 is 11.1 Å². The molecule has 1 saturated heterocycles. The van der Waals surface area contributed by atoms with Crippen LogP contribution in [0.5, 0.6) is 0 Å². The molecule has 1 heterocycles. The first kappa shape index (κ1) is 16.3. The molecule has 8 heteroatoms. The highest BCUT2D eigenvalue weighted by atomic mass is 19.3. The number of nitrogens with two attached hydrogens (primary N) is 1. The van der Waals surface area contributed by atoms with Crippen LogP contribution in [0.1, 0.15) is 25.7 Å². The molecule has 0 radical (unpaired) electrons. The zero-order valence-electron chi connectivity index (χ0n) is 11.3. The molecule has 0 bridgehead atoms. The van der Waals surface area contributed by atoms with Crippen LogP contribution in [0, 0.1) is 11.3 Å². The van der Waals surface area contributed by atoms with Crippen molar-refractivity contribution in [1.82, 2.24) is 10.2 Å². The zero-order chi connectivity index (χ0) is 15.4. The second-order valence-corrected chi connectivity index (χ2v) is 5.11. The largest absolute Gasteiger partial charge is 0.364 e. The fourth-order valence-corrected chi connectivity index (χ4v) is 1.99. The van der Waals surface area contributed by atoms with E-state index < -0.39 is 36.1 Å². The summed E-state index contributed by atoms with van der Waals surface area (Å²) in [5, 5.41) is 11.7. The predicted molar refractivity (Wildman–Crippen MR) is 66.6 cm³/mol. The van der Waals surface area contributed by atoms with E-state index in [1.807, 2.05) is 11.9 Å². The second-order valence-electron chi connectivity index (χ2n) is 5.11.